The summed E-state index contributed by atoms with van der Waals surface area (Å²) in [5.74, 6) is -0.0617. The average Bonchev–Trinajstić information content (AvgIpc) is 2.28. The summed E-state index contributed by atoms with van der Waals surface area (Å²) in [7, 11) is 0. The standard InChI is InChI=1S/C14H16BrNO3/c1-14(2,3)19-13(18)16-7-10-9(12(17)8-16)5-4-6-11(10)15/h4-6H,7-8H2,1-3H3. The fourth-order valence-electron chi connectivity index (χ4n) is 1.94. The summed E-state index contributed by atoms with van der Waals surface area (Å²) in [5, 5.41) is 0. The zero-order valence-electron chi connectivity index (χ0n) is 11.2. The van der Waals surface area contributed by atoms with E-state index in [1.54, 1.807) is 26.8 Å². The van der Waals surface area contributed by atoms with Gasteiger partial charge < -0.3 is 4.74 Å². The van der Waals surface area contributed by atoms with E-state index in [2.05, 4.69) is 15.9 Å². The SMILES string of the molecule is CC(C)(C)OC(=O)N1CC(=O)c2cccc(Br)c2C1. The van der Waals surface area contributed by atoms with Gasteiger partial charge in [-0.15, -0.1) is 0 Å². The van der Waals surface area contributed by atoms with E-state index in [9.17, 15) is 9.59 Å². The fourth-order valence-corrected chi connectivity index (χ4v) is 2.43. The molecule has 1 amide bonds. The second-order valence-corrected chi connectivity index (χ2v) is 6.38. The van der Waals surface area contributed by atoms with E-state index in [1.165, 1.54) is 4.90 Å². The minimum Gasteiger partial charge on any atom is -0.444 e. The number of halogens is 1. The van der Waals surface area contributed by atoms with E-state index in [0.29, 0.717) is 12.1 Å². The molecule has 0 saturated heterocycles. The average molecular weight is 326 g/mol. The normalized spacial score (nSPS) is 15.2. The Labute approximate surface area is 120 Å². The van der Waals surface area contributed by atoms with Gasteiger partial charge in [0.05, 0.1) is 13.1 Å². The Morgan fingerprint density at radius 1 is 1.32 bits per heavy atom. The van der Waals surface area contributed by atoms with Crippen molar-refractivity contribution in [1.82, 2.24) is 4.90 Å². The molecule has 1 aliphatic heterocycles. The summed E-state index contributed by atoms with van der Waals surface area (Å²) in [4.78, 5) is 25.5. The molecular formula is C14H16BrNO3. The molecular weight excluding hydrogens is 310 g/mol. The molecule has 102 valence electrons. The zero-order chi connectivity index (χ0) is 14.2. The maximum Gasteiger partial charge on any atom is 0.411 e. The molecule has 0 bridgehead atoms. The quantitative estimate of drug-likeness (QED) is 0.734. The molecule has 1 aliphatic rings. The second-order valence-electron chi connectivity index (χ2n) is 5.53. The van der Waals surface area contributed by atoms with Crippen LogP contribution in [-0.2, 0) is 11.3 Å². The van der Waals surface area contributed by atoms with Gasteiger partial charge in [0, 0.05) is 10.0 Å². The number of ether oxygens (including phenoxy) is 1. The van der Waals surface area contributed by atoms with Crippen LogP contribution in [0.15, 0.2) is 22.7 Å². The largest absolute Gasteiger partial charge is 0.444 e. The molecule has 0 spiro atoms. The second kappa shape index (κ2) is 4.96. The molecule has 5 heteroatoms. The minimum absolute atomic E-state index is 0.0617. The van der Waals surface area contributed by atoms with Crippen LogP contribution in [-0.4, -0.2) is 28.9 Å². The molecule has 2 rings (SSSR count). The van der Waals surface area contributed by atoms with Crippen molar-refractivity contribution in [3.8, 4) is 0 Å². The number of hydrogen-bond acceptors (Lipinski definition) is 3. The number of carbonyl (C=O) groups excluding carboxylic acids is 2. The summed E-state index contributed by atoms with van der Waals surface area (Å²) < 4.78 is 6.14. The first-order chi connectivity index (χ1) is 8.78. The van der Waals surface area contributed by atoms with Crippen molar-refractivity contribution >= 4 is 27.8 Å². The van der Waals surface area contributed by atoms with Crippen LogP contribution in [0.5, 0.6) is 0 Å². The molecule has 0 aliphatic carbocycles. The van der Waals surface area contributed by atoms with Crippen LogP contribution in [0, 0.1) is 0 Å². The Hall–Kier alpha value is -1.36. The summed E-state index contributed by atoms with van der Waals surface area (Å²) in [6.07, 6.45) is -0.456. The third-order valence-corrected chi connectivity index (χ3v) is 3.50. The molecule has 0 unspecified atom stereocenters. The maximum absolute atomic E-state index is 12.0. The third kappa shape index (κ3) is 3.15. The number of rotatable bonds is 0. The molecule has 0 atom stereocenters. The highest BCUT2D eigenvalue weighted by molar-refractivity contribution is 9.10. The number of hydrogen-bond donors (Lipinski definition) is 0. The van der Waals surface area contributed by atoms with Gasteiger partial charge in [0.2, 0.25) is 0 Å². The summed E-state index contributed by atoms with van der Waals surface area (Å²) in [5.41, 5.74) is 0.952. The summed E-state index contributed by atoms with van der Waals surface area (Å²) in [6.45, 7) is 5.87. The molecule has 0 aromatic heterocycles. The molecule has 4 nitrogen and oxygen atoms in total. The Morgan fingerprint density at radius 3 is 2.63 bits per heavy atom. The van der Waals surface area contributed by atoms with Gasteiger partial charge in [0.15, 0.2) is 5.78 Å². The van der Waals surface area contributed by atoms with Crippen molar-refractivity contribution in [2.24, 2.45) is 0 Å². The van der Waals surface area contributed by atoms with E-state index < -0.39 is 11.7 Å². The predicted octanol–water partition coefficient (Wildman–Crippen LogP) is 3.38. The predicted molar refractivity (Wildman–Crippen MR) is 75.1 cm³/mol. The molecule has 1 heterocycles. The van der Waals surface area contributed by atoms with Crippen LogP contribution in [0.2, 0.25) is 0 Å². The van der Waals surface area contributed by atoms with Crippen LogP contribution >= 0.6 is 15.9 Å². The number of Topliss-reactive ketones (excluding diaryl/α,β-unsaturated/α-hetero) is 1. The van der Waals surface area contributed by atoms with Crippen LogP contribution in [0.1, 0.15) is 36.7 Å². The lowest BCUT2D eigenvalue weighted by Gasteiger charge is -2.30. The highest BCUT2D eigenvalue weighted by Gasteiger charge is 2.30. The summed E-state index contributed by atoms with van der Waals surface area (Å²) in [6, 6.07) is 5.48. The van der Waals surface area contributed by atoms with Crippen molar-refractivity contribution in [2.45, 2.75) is 32.9 Å². The number of nitrogens with zero attached hydrogens (tertiary/aromatic N) is 1. The van der Waals surface area contributed by atoms with Gasteiger partial charge in [-0.2, -0.15) is 0 Å². The van der Waals surface area contributed by atoms with Gasteiger partial charge >= 0.3 is 6.09 Å². The van der Waals surface area contributed by atoms with Crippen molar-refractivity contribution in [1.29, 1.82) is 0 Å². The molecule has 19 heavy (non-hydrogen) atoms. The lowest BCUT2D eigenvalue weighted by Crippen LogP contribution is -2.42. The molecule has 0 N–H and O–H groups in total. The van der Waals surface area contributed by atoms with Gasteiger partial charge in [0.25, 0.3) is 0 Å². The number of benzene rings is 1. The zero-order valence-corrected chi connectivity index (χ0v) is 12.8. The smallest absolute Gasteiger partial charge is 0.411 e. The fraction of sp³-hybridized carbons (Fsp3) is 0.429. The highest BCUT2D eigenvalue weighted by atomic mass is 79.9. The van der Waals surface area contributed by atoms with E-state index in [0.717, 1.165) is 10.0 Å². The number of carbonyl (C=O) groups is 2. The molecule has 0 saturated carbocycles. The number of fused-ring (bicyclic) bond motifs is 1. The monoisotopic (exact) mass is 325 g/mol. The van der Waals surface area contributed by atoms with Crippen LogP contribution in [0.3, 0.4) is 0 Å². The van der Waals surface area contributed by atoms with Crippen molar-refractivity contribution in [2.75, 3.05) is 6.54 Å². The number of amides is 1. The van der Waals surface area contributed by atoms with Gasteiger partial charge in [-0.25, -0.2) is 4.79 Å². The highest BCUT2D eigenvalue weighted by Crippen LogP contribution is 2.27. The Kier molecular flexibility index (Phi) is 3.67. The van der Waals surface area contributed by atoms with E-state index in [4.69, 9.17) is 4.74 Å². The molecule has 1 aromatic carbocycles. The first kappa shape index (κ1) is 14.1. The number of ketones is 1. The maximum atomic E-state index is 12.0. The first-order valence-corrected chi connectivity index (χ1v) is 6.86. The van der Waals surface area contributed by atoms with Crippen LogP contribution in [0.25, 0.3) is 0 Å². The van der Waals surface area contributed by atoms with Crippen LogP contribution in [0.4, 0.5) is 4.79 Å². The Bertz CT molecular complexity index is 534. The van der Waals surface area contributed by atoms with Gasteiger partial charge in [-0.3, -0.25) is 9.69 Å². The van der Waals surface area contributed by atoms with Gasteiger partial charge in [-0.05, 0) is 32.4 Å². The van der Waals surface area contributed by atoms with Gasteiger partial charge in [0.1, 0.15) is 5.60 Å². The lowest BCUT2D eigenvalue weighted by atomic mass is 9.99. The topological polar surface area (TPSA) is 46.6 Å². The third-order valence-electron chi connectivity index (χ3n) is 2.75. The van der Waals surface area contributed by atoms with Crippen molar-refractivity contribution in [3.63, 3.8) is 0 Å². The minimum atomic E-state index is -0.561. The van der Waals surface area contributed by atoms with Crippen LogP contribution < -0.4 is 0 Å². The molecule has 0 radical (unpaired) electrons. The van der Waals surface area contributed by atoms with E-state index in [1.807, 2.05) is 12.1 Å². The lowest BCUT2D eigenvalue weighted by molar-refractivity contribution is 0.0220. The Morgan fingerprint density at radius 2 is 2.00 bits per heavy atom. The van der Waals surface area contributed by atoms with E-state index >= 15 is 0 Å². The van der Waals surface area contributed by atoms with E-state index in [-0.39, 0.29) is 12.3 Å². The molecule has 0 fully saturated rings. The van der Waals surface area contributed by atoms with Gasteiger partial charge in [-0.1, -0.05) is 28.1 Å². The van der Waals surface area contributed by atoms with Crippen molar-refractivity contribution < 1.29 is 14.3 Å². The first-order valence-electron chi connectivity index (χ1n) is 6.06. The molecule has 1 aromatic rings. The van der Waals surface area contributed by atoms with Crippen molar-refractivity contribution in [3.05, 3.63) is 33.8 Å². The summed E-state index contributed by atoms with van der Waals surface area (Å²) >= 11 is 3.42. The Balaban J connectivity index is 2.24.